The molecular formula is C25H32N4O2. The molecule has 1 unspecified atom stereocenters. The van der Waals surface area contributed by atoms with E-state index in [9.17, 15) is 9.90 Å². The number of para-hydroxylation sites is 1. The first kappa shape index (κ1) is 23.6. The van der Waals surface area contributed by atoms with Crippen LogP contribution < -0.4 is 16.4 Å². The van der Waals surface area contributed by atoms with E-state index >= 15 is 0 Å². The summed E-state index contributed by atoms with van der Waals surface area (Å²) in [6.45, 7) is 5.99. The summed E-state index contributed by atoms with van der Waals surface area (Å²) >= 11 is 0. The van der Waals surface area contributed by atoms with Gasteiger partial charge >= 0.3 is 0 Å². The maximum Gasteiger partial charge on any atom is 0.263 e. The van der Waals surface area contributed by atoms with Crippen molar-refractivity contribution in [1.29, 1.82) is 0 Å². The van der Waals surface area contributed by atoms with Crippen LogP contribution in [0.2, 0.25) is 0 Å². The molecule has 3 aromatic rings. The molecule has 4 rings (SSSR count). The molecule has 3 aromatic carbocycles. The van der Waals surface area contributed by atoms with Crippen LogP contribution in [0.4, 0.5) is 11.4 Å². The van der Waals surface area contributed by atoms with Gasteiger partial charge in [0.05, 0.1) is 17.1 Å². The molecule has 1 aliphatic rings. The van der Waals surface area contributed by atoms with E-state index in [1.54, 1.807) is 13.1 Å². The van der Waals surface area contributed by atoms with Crippen molar-refractivity contribution in [3.05, 3.63) is 89.5 Å². The monoisotopic (exact) mass is 420 g/mol. The zero-order valence-electron chi connectivity index (χ0n) is 18.4. The minimum absolute atomic E-state index is 0. The number of carbonyl (C=O) groups is 1. The largest absolute Gasteiger partial charge is 0.506 e. The molecule has 6 heteroatoms. The summed E-state index contributed by atoms with van der Waals surface area (Å²) in [6, 6.07) is 22.7. The van der Waals surface area contributed by atoms with E-state index in [-0.39, 0.29) is 7.33 Å². The van der Waals surface area contributed by atoms with Crippen LogP contribution in [0.25, 0.3) is 0 Å². The Hall–Kier alpha value is -3.64. The van der Waals surface area contributed by atoms with Crippen LogP contribution in [0.3, 0.4) is 0 Å². The van der Waals surface area contributed by atoms with Gasteiger partial charge in [0.25, 0.3) is 5.91 Å². The molecule has 0 saturated carbocycles. The Labute approximate surface area is 185 Å². The number of hydrogen-bond donors (Lipinski definition) is 4. The van der Waals surface area contributed by atoms with Crippen LogP contribution in [0, 0.1) is 6.92 Å². The molecule has 5 N–H and O–H groups in total. The van der Waals surface area contributed by atoms with Crippen molar-refractivity contribution in [2.24, 2.45) is 10.7 Å². The van der Waals surface area contributed by atoms with E-state index in [0.717, 1.165) is 33.8 Å². The summed E-state index contributed by atoms with van der Waals surface area (Å²) in [4.78, 5) is 16.2. The van der Waals surface area contributed by atoms with Crippen LogP contribution in [0.5, 0.6) is 5.75 Å². The van der Waals surface area contributed by atoms with E-state index in [4.69, 9.17) is 5.73 Å². The number of benzodiazepines with no additional fused rings is 1. The lowest BCUT2D eigenvalue weighted by Gasteiger charge is -2.09. The number of nitrogens with one attached hydrogen (secondary N) is 2. The number of benzene rings is 3. The number of aromatic hydroxyl groups is 1. The lowest BCUT2D eigenvalue weighted by atomic mass is 10.0. The number of phenolic OH excluding ortho intramolecular Hbond substituents is 1. The Morgan fingerprint density at radius 1 is 1.03 bits per heavy atom. The van der Waals surface area contributed by atoms with Crippen molar-refractivity contribution in [2.75, 3.05) is 17.7 Å². The third kappa shape index (κ3) is 6.17. The van der Waals surface area contributed by atoms with Gasteiger partial charge in [0.2, 0.25) is 0 Å². The third-order valence-electron chi connectivity index (χ3n) is 4.45. The number of nitrogens with two attached hydrogens (primary N) is 1. The highest BCUT2D eigenvalue weighted by Crippen LogP contribution is 2.23. The SMILES string of the molecule is CC.CNc1cc(C)ccc1O.NC1N=C(c2ccccc2)c2ccccc2NC1=O.[HH]. The number of nitrogens with zero attached hydrogens (tertiary/aromatic N) is 1. The lowest BCUT2D eigenvalue weighted by Crippen LogP contribution is -2.33. The van der Waals surface area contributed by atoms with Crippen LogP contribution in [0.1, 0.15) is 32.0 Å². The van der Waals surface area contributed by atoms with Gasteiger partial charge in [0.15, 0.2) is 6.17 Å². The molecular weight excluding hydrogens is 388 g/mol. The number of fused-ring (bicyclic) bond motifs is 1. The Morgan fingerprint density at radius 2 is 1.68 bits per heavy atom. The van der Waals surface area contributed by atoms with Crippen LogP contribution in [0.15, 0.2) is 77.8 Å². The zero-order chi connectivity index (χ0) is 22.8. The Balaban J connectivity index is 0.000000337. The molecule has 31 heavy (non-hydrogen) atoms. The number of aryl methyl sites for hydroxylation is 1. The summed E-state index contributed by atoms with van der Waals surface area (Å²) < 4.78 is 0. The molecule has 1 amide bonds. The molecule has 0 saturated heterocycles. The standard InChI is InChI=1S/C15H13N3O.C8H11NO.C2H6.H2/c16-14-15(19)17-12-9-5-4-8-11(12)13(18-14)10-6-2-1-3-7-10;1-6-3-4-8(10)7(5-6)9-2;1-2;/h1-9,14H,16H2,(H,17,19);3-5,9-10H,1-2H3;1-2H3;1H. The van der Waals surface area contributed by atoms with Gasteiger partial charge in [0.1, 0.15) is 5.75 Å². The molecule has 0 bridgehead atoms. The number of rotatable bonds is 2. The fraction of sp³-hybridized carbons (Fsp3) is 0.200. The smallest absolute Gasteiger partial charge is 0.263 e. The Morgan fingerprint density at radius 3 is 2.32 bits per heavy atom. The zero-order valence-corrected chi connectivity index (χ0v) is 18.4. The van der Waals surface area contributed by atoms with Gasteiger partial charge in [-0.25, -0.2) is 0 Å². The minimum Gasteiger partial charge on any atom is -0.506 e. The molecule has 164 valence electrons. The van der Waals surface area contributed by atoms with Crippen LogP contribution in [-0.2, 0) is 4.79 Å². The highest BCUT2D eigenvalue weighted by atomic mass is 16.3. The average molecular weight is 421 g/mol. The molecule has 1 heterocycles. The van der Waals surface area contributed by atoms with E-state index in [1.807, 2.05) is 87.5 Å². The summed E-state index contributed by atoms with van der Waals surface area (Å²) in [5.74, 6) is 0.00600. The van der Waals surface area contributed by atoms with Gasteiger partial charge in [-0.15, -0.1) is 0 Å². The lowest BCUT2D eigenvalue weighted by molar-refractivity contribution is -0.117. The van der Waals surface area contributed by atoms with Crippen molar-refractivity contribution in [1.82, 2.24) is 0 Å². The van der Waals surface area contributed by atoms with Gasteiger partial charge < -0.3 is 21.5 Å². The maximum atomic E-state index is 11.8. The molecule has 0 aromatic heterocycles. The fourth-order valence-electron chi connectivity index (χ4n) is 2.95. The summed E-state index contributed by atoms with van der Waals surface area (Å²) in [7, 11) is 1.79. The minimum atomic E-state index is -0.886. The highest BCUT2D eigenvalue weighted by Gasteiger charge is 2.22. The van der Waals surface area contributed by atoms with E-state index in [1.165, 1.54) is 0 Å². The molecule has 0 fully saturated rings. The average Bonchev–Trinajstić information content (AvgIpc) is 2.94. The third-order valence-corrected chi connectivity index (χ3v) is 4.45. The van der Waals surface area contributed by atoms with Crippen molar-refractivity contribution >= 4 is 23.0 Å². The van der Waals surface area contributed by atoms with Gasteiger partial charge in [-0.05, 0) is 30.7 Å². The first-order chi connectivity index (χ1) is 15.0. The maximum absolute atomic E-state index is 11.8. The second-order valence-electron chi connectivity index (χ2n) is 6.59. The van der Waals surface area contributed by atoms with E-state index in [0.29, 0.717) is 5.75 Å². The number of anilines is 2. The summed E-state index contributed by atoms with van der Waals surface area (Å²) in [6.07, 6.45) is -0.886. The van der Waals surface area contributed by atoms with Crippen molar-refractivity contribution in [3.63, 3.8) is 0 Å². The van der Waals surface area contributed by atoms with Gasteiger partial charge in [-0.3, -0.25) is 9.79 Å². The molecule has 0 spiro atoms. The summed E-state index contributed by atoms with van der Waals surface area (Å²) in [5, 5.41) is 14.9. The molecule has 0 aliphatic carbocycles. The normalized spacial score (nSPS) is 14.3. The topological polar surface area (TPSA) is 99.7 Å². The molecule has 1 aliphatic heterocycles. The second-order valence-corrected chi connectivity index (χ2v) is 6.59. The fourth-order valence-corrected chi connectivity index (χ4v) is 2.95. The molecule has 6 nitrogen and oxygen atoms in total. The summed E-state index contributed by atoms with van der Waals surface area (Å²) in [5.41, 5.74) is 11.0. The molecule has 1 atom stereocenters. The number of carbonyl (C=O) groups excluding carboxylic acids is 1. The predicted octanol–water partition coefficient (Wildman–Crippen LogP) is 4.78. The molecule has 0 radical (unpaired) electrons. The number of phenols is 1. The Bertz CT molecular complexity index is 1040. The van der Waals surface area contributed by atoms with Crippen molar-refractivity contribution in [3.8, 4) is 5.75 Å². The number of hydrogen-bond acceptors (Lipinski definition) is 5. The van der Waals surface area contributed by atoms with Crippen LogP contribution in [-0.4, -0.2) is 29.9 Å². The van der Waals surface area contributed by atoms with Gasteiger partial charge in [-0.1, -0.05) is 68.4 Å². The quantitative estimate of drug-likeness (QED) is 0.449. The van der Waals surface area contributed by atoms with Crippen molar-refractivity contribution < 1.29 is 11.3 Å². The second kappa shape index (κ2) is 11.5. The van der Waals surface area contributed by atoms with Crippen molar-refractivity contribution in [2.45, 2.75) is 26.9 Å². The number of aliphatic imine (C=N–C) groups is 1. The first-order valence-electron chi connectivity index (χ1n) is 10.3. The van der Waals surface area contributed by atoms with E-state index in [2.05, 4.69) is 15.6 Å². The van der Waals surface area contributed by atoms with Gasteiger partial charge in [-0.2, -0.15) is 0 Å². The Kier molecular flexibility index (Phi) is 8.78. The number of amides is 1. The van der Waals surface area contributed by atoms with Crippen LogP contribution >= 0.6 is 0 Å². The predicted molar refractivity (Wildman–Crippen MR) is 131 cm³/mol. The van der Waals surface area contributed by atoms with Gasteiger partial charge in [0, 0.05) is 19.6 Å². The highest BCUT2D eigenvalue weighted by molar-refractivity contribution is 6.19. The first-order valence-corrected chi connectivity index (χ1v) is 10.3. The van der Waals surface area contributed by atoms with E-state index < -0.39 is 6.17 Å².